The third kappa shape index (κ3) is 3.44. The van der Waals surface area contributed by atoms with Crippen molar-refractivity contribution in [2.75, 3.05) is 19.0 Å². The van der Waals surface area contributed by atoms with Crippen LogP contribution in [0, 0.1) is 0 Å². The van der Waals surface area contributed by atoms with Gasteiger partial charge in [0.2, 0.25) is 0 Å². The van der Waals surface area contributed by atoms with E-state index in [-0.39, 0.29) is 0 Å². The Morgan fingerprint density at radius 2 is 2.13 bits per heavy atom. The molecule has 0 heterocycles. The molecule has 4 heteroatoms. The second kappa shape index (κ2) is 5.03. The lowest BCUT2D eigenvalue weighted by atomic mass is 10.3. The molecule has 1 aromatic carbocycles. The number of anilines is 1. The van der Waals surface area contributed by atoms with E-state index in [2.05, 4.69) is 0 Å². The van der Waals surface area contributed by atoms with Gasteiger partial charge in [0.05, 0.1) is 0 Å². The summed E-state index contributed by atoms with van der Waals surface area (Å²) in [6.45, 7) is 1.62. The first-order valence-corrected chi connectivity index (χ1v) is 5.02. The van der Waals surface area contributed by atoms with E-state index >= 15 is 0 Å². The first-order valence-electron chi connectivity index (χ1n) is 4.64. The van der Waals surface area contributed by atoms with Crippen LogP contribution in [-0.4, -0.2) is 25.4 Å². The van der Waals surface area contributed by atoms with Gasteiger partial charge in [0.15, 0.2) is 6.10 Å². The Labute approximate surface area is 94.6 Å². The molecule has 0 radical (unpaired) electrons. The van der Waals surface area contributed by atoms with E-state index in [0.717, 1.165) is 5.69 Å². The zero-order valence-electron chi connectivity index (χ0n) is 9.03. The number of carbonyl (C=O) groups excluding carboxylic acids is 1. The summed E-state index contributed by atoms with van der Waals surface area (Å²) in [5.74, 6) is 0.641. The minimum atomic E-state index is -0.621. The quantitative estimate of drug-likeness (QED) is 0.740. The van der Waals surface area contributed by atoms with Crippen molar-refractivity contribution < 1.29 is 9.53 Å². The van der Waals surface area contributed by atoms with Gasteiger partial charge in [-0.3, -0.25) is 4.79 Å². The highest BCUT2D eigenvalue weighted by Gasteiger charge is 2.11. The Hall–Kier alpha value is -1.22. The largest absolute Gasteiger partial charge is 0.482 e. The van der Waals surface area contributed by atoms with Gasteiger partial charge in [-0.05, 0) is 30.7 Å². The molecule has 3 nitrogen and oxygen atoms in total. The van der Waals surface area contributed by atoms with Crippen LogP contribution >= 0.6 is 11.6 Å². The molecule has 0 spiro atoms. The molecule has 0 saturated carbocycles. The van der Waals surface area contributed by atoms with Crippen LogP contribution in [0.4, 0.5) is 5.69 Å². The number of benzene rings is 1. The summed E-state index contributed by atoms with van der Waals surface area (Å²) in [6.07, 6.45) is -0.621. The van der Waals surface area contributed by atoms with Crippen molar-refractivity contribution in [3.05, 3.63) is 24.3 Å². The van der Waals surface area contributed by atoms with E-state index < -0.39 is 11.3 Å². The van der Waals surface area contributed by atoms with E-state index in [4.69, 9.17) is 16.3 Å². The van der Waals surface area contributed by atoms with E-state index in [1.165, 1.54) is 0 Å². The lowest BCUT2D eigenvalue weighted by Crippen LogP contribution is -2.19. The molecule has 1 atom stereocenters. The first kappa shape index (κ1) is 11.9. The summed E-state index contributed by atoms with van der Waals surface area (Å²) in [4.78, 5) is 12.8. The van der Waals surface area contributed by atoms with Gasteiger partial charge in [-0.1, -0.05) is 6.07 Å². The maximum Gasteiger partial charge on any atom is 0.262 e. The predicted molar refractivity (Wildman–Crippen MR) is 61.7 cm³/mol. The highest BCUT2D eigenvalue weighted by molar-refractivity contribution is 6.64. The third-order valence-corrected chi connectivity index (χ3v) is 2.27. The molecule has 0 bridgehead atoms. The average molecular weight is 228 g/mol. The molecule has 0 aliphatic rings. The minimum Gasteiger partial charge on any atom is -0.482 e. The number of ether oxygens (including phenoxy) is 1. The van der Waals surface area contributed by atoms with Crippen molar-refractivity contribution >= 4 is 22.5 Å². The molecular formula is C11H14ClNO2. The van der Waals surface area contributed by atoms with E-state index in [1.807, 2.05) is 37.2 Å². The molecule has 1 rings (SSSR count). The van der Waals surface area contributed by atoms with E-state index in [9.17, 15) is 4.79 Å². The number of hydrogen-bond donors (Lipinski definition) is 0. The summed E-state index contributed by atoms with van der Waals surface area (Å²) in [5, 5.41) is -0.495. The summed E-state index contributed by atoms with van der Waals surface area (Å²) >= 11 is 5.31. The van der Waals surface area contributed by atoms with Crippen LogP contribution in [0.2, 0.25) is 0 Å². The Morgan fingerprint density at radius 3 is 2.67 bits per heavy atom. The average Bonchev–Trinajstić information content (AvgIpc) is 2.18. The Kier molecular flexibility index (Phi) is 3.97. The molecule has 1 aromatic rings. The third-order valence-electron chi connectivity index (χ3n) is 1.97. The fourth-order valence-corrected chi connectivity index (χ4v) is 1.13. The number of halogens is 1. The standard InChI is InChI=1S/C11H14ClNO2/c1-8(11(12)14)15-10-6-4-5-9(7-10)13(2)3/h4-8H,1-3H3. The van der Waals surface area contributed by atoms with Crippen molar-refractivity contribution in [1.82, 2.24) is 0 Å². The first-order chi connectivity index (χ1) is 7.00. The van der Waals surface area contributed by atoms with Crippen LogP contribution in [-0.2, 0) is 4.79 Å². The van der Waals surface area contributed by atoms with E-state index in [0.29, 0.717) is 5.75 Å². The SMILES string of the molecule is CC(Oc1cccc(N(C)C)c1)C(=O)Cl. The summed E-state index contributed by atoms with van der Waals surface area (Å²) in [5.41, 5.74) is 1.02. The predicted octanol–water partition coefficient (Wildman–Crippen LogP) is 2.29. The smallest absolute Gasteiger partial charge is 0.262 e. The van der Waals surface area contributed by atoms with Gasteiger partial charge in [0.25, 0.3) is 5.24 Å². The second-order valence-corrected chi connectivity index (χ2v) is 3.83. The molecule has 0 aliphatic heterocycles. The number of hydrogen-bond acceptors (Lipinski definition) is 3. The second-order valence-electron chi connectivity index (χ2n) is 3.46. The topological polar surface area (TPSA) is 29.5 Å². The van der Waals surface area contributed by atoms with Gasteiger partial charge in [-0.2, -0.15) is 0 Å². The van der Waals surface area contributed by atoms with Crippen LogP contribution in [0.1, 0.15) is 6.92 Å². The molecule has 0 amide bonds. The molecule has 0 N–H and O–H groups in total. The summed E-state index contributed by atoms with van der Waals surface area (Å²) in [6, 6.07) is 7.48. The number of carbonyl (C=O) groups is 1. The highest BCUT2D eigenvalue weighted by Crippen LogP contribution is 2.20. The van der Waals surface area contributed by atoms with Gasteiger partial charge in [0, 0.05) is 25.8 Å². The van der Waals surface area contributed by atoms with Crippen LogP contribution in [0.5, 0.6) is 5.75 Å². The molecule has 0 aromatic heterocycles. The molecular weight excluding hydrogens is 214 g/mol. The molecule has 15 heavy (non-hydrogen) atoms. The lowest BCUT2D eigenvalue weighted by Gasteiger charge is -2.15. The van der Waals surface area contributed by atoms with Gasteiger partial charge >= 0.3 is 0 Å². The van der Waals surface area contributed by atoms with Crippen LogP contribution in [0.3, 0.4) is 0 Å². The number of nitrogens with zero attached hydrogens (tertiary/aromatic N) is 1. The van der Waals surface area contributed by atoms with Crippen LogP contribution in [0.25, 0.3) is 0 Å². The lowest BCUT2D eigenvalue weighted by molar-refractivity contribution is -0.117. The van der Waals surface area contributed by atoms with Gasteiger partial charge < -0.3 is 9.64 Å². The zero-order valence-corrected chi connectivity index (χ0v) is 9.78. The zero-order chi connectivity index (χ0) is 11.4. The van der Waals surface area contributed by atoms with Crippen molar-refractivity contribution in [3.63, 3.8) is 0 Å². The van der Waals surface area contributed by atoms with Crippen molar-refractivity contribution in [1.29, 1.82) is 0 Å². The Balaban J connectivity index is 2.78. The monoisotopic (exact) mass is 227 g/mol. The van der Waals surface area contributed by atoms with Crippen molar-refractivity contribution in [2.45, 2.75) is 13.0 Å². The van der Waals surface area contributed by atoms with Gasteiger partial charge in [-0.25, -0.2) is 0 Å². The Morgan fingerprint density at radius 1 is 1.47 bits per heavy atom. The maximum atomic E-state index is 10.8. The van der Waals surface area contributed by atoms with Gasteiger partial charge in [-0.15, -0.1) is 0 Å². The highest BCUT2D eigenvalue weighted by atomic mass is 35.5. The minimum absolute atomic E-state index is 0.495. The molecule has 82 valence electrons. The summed E-state index contributed by atoms with van der Waals surface area (Å²) in [7, 11) is 3.88. The van der Waals surface area contributed by atoms with Crippen LogP contribution < -0.4 is 9.64 Å². The number of rotatable bonds is 4. The van der Waals surface area contributed by atoms with E-state index in [1.54, 1.807) is 13.0 Å². The fraction of sp³-hybridized carbons (Fsp3) is 0.364. The van der Waals surface area contributed by atoms with Gasteiger partial charge in [0.1, 0.15) is 5.75 Å². The fourth-order valence-electron chi connectivity index (χ4n) is 1.09. The van der Waals surface area contributed by atoms with Crippen molar-refractivity contribution in [2.24, 2.45) is 0 Å². The van der Waals surface area contributed by atoms with Crippen molar-refractivity contribution in [3.8, 4) is 5.75 Å². The maximum absolute atomic E-state index is 10.8. The normalized spacial score (nSPS) is 12.0. The summed E-state index contributed by atoms with van der Waals surface area (Å²) < 4.78 is 5.36. The van der Waals surface area contributed by atoms with Crippen LogP contribution in [0.15, 0.2) is 24.3 Å². The molecule has 0 saturated heterocycles. The molecule has 0 fully saturated rings. The molecule has 1 unspecified atom stereocenters. The molecule has 0 aliphatic carbocycles. The Bertz CT molecular complexity index is 352.